The molecule has 248 valence electrons. The molecule has 4 heterocycles. The molecule has 47 heavy (non-hydrogen) atoms. The van der Waals surface area contributed by atoms with Crippen LogP contribution in [0, 0.1) is 5.92 Å². The van der Waals surface area contributed by atoms with E-state index in [9.17, 15) is 13.5 Å². The van der Waals surface area contributed by atoms with Crippen LogP contribution >= 0.6 is 0 Å². The highest BCUT2D eigenvalue weighted by Gasteiger charge is 2.43. The van der Waals surface area contributed by atoms with Crippen LogP contribution in [0.15, 0.2) is 90.0 Å². The zero-order valence-corrected chi connectivity index (χ0v) is 27.3. The quantitative estimate of drug-likeness (QED) is 0.260. The van der Waals surface area contributed by atoms with Gasteiger partial charge in [-0.2, -0.15) is 0 Å². The van der Waals surface area contributed by atoms with E-state index in [0.717, 1.165) is 60.1 Å². The van der Waals surface area contributed by atoms with E-state index in [0.29, 0.717) is 18.7 Å². The molecule has 11 heteroatoms. The van der Waals surface area contributed by atoms with Crippen molar-refractivity contribution in [2.24, 2.45) is 5.92 Å². The molecule has 4 unspecified atom stereocenters. The van der Waals surface area contributed by atoms with Gasteiger partial charge in [0.25, 0.3) is 0 Å². The second kappa shape index (κ2) is 13.7. The minimum absolute atomic E-state index is 0.0130. The number of para-hydroxylation sites is 1. The molecule has 0 aliphatic carbocycles. The van der Waals surface area contributed by atoms with Crippen molar-refractivity contribution in [2.75, 3.05) is 32.8 Å². The summed E-state index contributed by atoms with van der Waals surface area (Å²) in [5.74, 6) is -0.363. The predicted octanol–water partition coefficient (Wildman–Crippen LogP) is 4.84. The summed E-state index contributed by atoms with van der Waals surface area (Å²) in [7, 11) is -3.79. The maximum atomic E-state index is 13.2. The van der Waals surface area contributed by atoms with Crippen molar-refractivity contribution >= 4 is 20.9 Å². The van der Waals surface area contributed by atoms with Crippen LogP contribution < -0.4 is 4.72 Å². The van der Waals surface area contributed by atoms with Gasteiger partial charge in [-0.25, -0.2) is 13.1 Å². The number of sulfonamides is 1. The smallest absolute Gasteiger partial charge is 0.243 e. The van der Waals surface area contributed by atoms with Crippen molar-refractivity contribution in [1.82, 2.24) is 14.6 Å². The highest BCUT2D eigenvalue weighted by Crippen LogP contribution is 2.42. The molecule has 1 aromatic heterocycles. The fourth-order valence-electron chi connectivity index (χ4n) is 6.79. The molecule has 7 rings (SSSR count). The highest BCUT2D eigenvalue weighted by molar-refractivity contribution is 7.89. The first-order chi connectivity index (χ1) is 22.8. The third-order valence-corrected chi connectivity index (χ3v) is 11.0. The normalized spacial score (nSPS) is 25.0. The van der Waals surface area contributed by atoms with Crippen LogP contribution in [-0.4, -0.2) is 68.1 Å². The van der Waals surface area contributed by atoms with Crippen molar-refractivity contribution in [3.63, 3.8) is 0 Å². The van der Waals surface area contributed by atoms with E-state index in [1.807, 2.05) is 60.7 Å². The van der Waals surface area contributed by atoms with Gasteiger partial charge in [0, 0.05) is 62.1 Å². The van der Waals surface area contributed by atoms with Crippen LogP contribution in [0.3, 0.4) is 0 Å². The molecule has 3 saturated heterocycles. The standard InChI is InChI=1S/C36H41N3O7S/c1-25-31(23-39-18-15-36(16-19-39)43-20-21-44-36)45-35(46-34(25)29-11-9-27(24-40)10-12-29)30-13-7-26(8-14-30)22-38-47(41,42)32-6-2-4-28-5-3-17-37-33(28)32/h2-14,17,25,31,34-35,38,40H,15-16,18-24H2,1H3. The van der Waals surface area contributed by atoms with E-state index >= 15 is 0 Å². The summed E-state index contributed by atoms with van der Waals surface area (Å²) in [4.78, 5) is 6.87. The zero-order chi connectivity index (χ0) is 32.4. The largest absolute Gasteiger partial charge is 0.392 e. The van der Waals surface area contributed by atoms with Gasteiger partial charge in [-0.3, -0.25) is 4.98 Å². The van der Waals surface area contributed by atoms with Crippen molar-refractivity contribution < 1.29 is 32.5 Å². The number of benzene rings is 3. The Hall–Kier alpha value is -3.26. The molecule has 0 saturated carbocycles. The van der Waals surface area contributed by atoms with Gasteiger partial charge in [-0.05, 0) is 28.8 Å². The molecule has 3 fully saturated rings. The molecule has 3 aliphatic rings. The first-order valence-electron chi connectivity index (χ1n) is 16.3. The van der Waals surface area contributed by atoms with E-state index in [4.69, 9.17) is 18.9 Å². The van der Waals surface area contributed by atoms with Crippen molar-refractivity contribution in [3.05, 3.63) is 107 Å². The number of nitrogens with one attached hydrogen (secondary N) is 1. The summed E-state index contributed by atoms with van der Waals surface area (Å²) in [5, 5.41) is 10.3. The molecule has 0 amide bonds. The fraction of sp³-hybridized carbons (Fsp3) is 0.417. The van der Waals surface area contributed by atoms with Crippen LogP contribution in [0.1, 0.15) is 54.4 Å². The van der Waals surface area contributed by atoms with Gasteiger partial charge in [0.05, 0.1) is 37.5 Å². The van der Waals surface area contributed by atoms with Crippen LogP contribution in [0.2, 0.25) is 0 Å². The summed E-state index contributed by atoms with van der Waals surface area (Å²) < 4.78 is 54.3. The average molecular weight is 660 g/mol. The number of fused-ring (bicyclic) bond motifs is 1. The molecule has 10 nitrogen and oxygen atoms in total. The Bertz CT molecular complexity index is 1760. The number of aromatic nitrogens is 1. The topological polar surface area (TPSA) is 119 Å². The van der Waals surface area contributed by atoms with Crippen molar-refractivity contribution in [3.8, 4) is 0 Å². The van der Waals surface area contributed by atoms with E-state index < -0.39 is 22.1 Å². The Labute approximate surface area is 275 Å². The van der Waals surface area contributed by atoms with Crippen molar-refractivity contribution in [1.29, 1.82) is 0 Å². The fourth-order valence-corrected chi connectivity index (χ4v) is 7.98. The Morgan fingerprint density at radius 1 is 0.894 bits per heavy atom. The van der Waals surface area contributed by atoms with Gasteiger partial charge in [-0.15, -0.1) is 0 Å². The third kappa shape index (κ3) is 6.99. The second-order valence-electron chi connectivity index (χ2n) is 12.6. The van der Waals surface area contributed by atoms with E-state index in [2.05, 4.69) is 21.5 Å². The van der Waals surface area contributed by atoms with Gasteiger partial charge >= 0.3 is 0 Å². The lowest BCUT2D eigenvalue weighted by molar-refractivity contribution is -0.278. The molecule has 1 spiro atoms. The maximum absolute atomic E-state index is 13.2. The first kappa shape index (κ1) is 32.3. The van der Waals surface area contributed by atoms with E-state index in [1.54, 1.807) is 24.4 Å². The van der Waals surface area contributed by atoms with E-state index in [1.165, 1.54) is 0 Å². The van der Waals surface area contributed by atoms with Crippen LogP contribution in [0.25, 0.3) is 10.9 Å². The number of ether oxygens (including phenoxy) is 4. The van der Waals surface area contributed by atoms with Crippen LogP contribution in [-0.2, 0) is 42.1 Å². The molecule has 0 radical (unpaired) electrons. The molecule has 4 aromatic rings. The lowest BCUT2D eigenvalue weighted by Gasteiger charge is -2.44. The number of pyridine rings is 1. The number of rotatable bonds is 9. The summed E-state index contributed by atoms with van der Waals surface area (Å²) >= 11 is 0. The van der Waals surface area contributed by atoms with Gasteiger partial charge in [-0.1, -0.05) is 73.7 Å². The Morgan fingerprint density at radius 3 is 2.30 bits per heavy atom. The lowest BCUT2D eigenvalue weighted by atomic mass is 9.89. The average Bonchev–Trinajstić information content (AvgIpc) is 3.57. The van der Waals surface area contributed by atoms with Gasteiger partial charge in [0.15, 0.2) is 12.1 Å². The second-order valence-corrected chi connectivity index (χ2v) is 14.4. The number of aliphatic hydroxyl groups excluding tert-OH is 1. The van der Waals surface area contributed by atoms with Gasteiger partial charge in [0.1, 0.15) is 4.90 Å². The third-order valence-electron chi connectivity index (χ3n) is 9.60. The van der Waals surface area contributed by atoms with Gasteiger partial charge < -0.3 is 29.0 Å². The number of likely N-dealkylation sites (tertiary alicyclic amines) is 1. The van der Waals surface area contributed by atoms with Gasteiger partial charge in [0.2, 0.25) is 10.0 Å². The molecule has 2 N–H and O–H groups in total. The maximum Gasteiger partial charge on any atom is 0.243 e. The Kier molecular flexibility index (Phi) is 9.41. The Balaban J connectivity index is 1.06. The molecule has 3 aromatic carbocycles. The molecule has 0 bridgehead atoms. The number of piperidine rings is 1. The Morgan fingerprint density at radius 2 is 1.57 bits per heavy atom. The summed E-state index contributed by atoms with van der Waals surface area (Å²) in [6, 6.07) is 24.3. The lowest BCUT2D eigenvalue weighted by Crippen LogP contribution is -2.50. The number of aliphatic hydroxyl groups is 1. The molecular formula is C36H41N3O7S. The zero-order valence-electron chi connectivity index (χ0n) is 26.5. The van der Waals surface area contributed by atoms with Crippen molar-refractivity contribution in [2.45, 2.75) is 62.1 Å². The van der Waals surface area contributed by atoms with Crippen LogP contribution in [0.4, 0.5) is 0 Å². The number of hydrogen-bond acceptors (Lipinski definition) is 9. The number of hydrogen-bond donors (Lipinski definition) is 2. The SMILES string of the molecule is CC1C(CN2CCC3(CC2)OCCO3)OC(c2ccc(CNS(=O)(=O)c3cccc4cccnc34)cc2)OC1c1ccc(CO)cc1. The minimum atomic E-state index is -3.79. The number of nitrogens with zero attached hydrogens (tertiary/aromatic N) is 2. The molecule has 3 aliphatic heterocycles. The predicted molar refractivity (Wildman–Crippen MR) is 175 cm³/mol. The van der Waals surface area contributed by atoms with Crippen LogP contribution in [0.5, 0.6) is 0 Å². The molecule has 4 atom stereocenters. The summed E-state index contributed by atoms with van der Waals surface area (Å²) in [6.45, 7) is 6.09. The minimum Gasteiger partial charge on any atom is -0.392 e. The van der Waals surface area contributed by atoms with E-state index in [-0.39, 0.29) is 36.2 Å². The summed E-state index contributed by atoms with van der Waals surface area (Å²) in [6.07, 6.45) is 2.34. The summed E-state index contributed by atoms with van der Waals surface area (Å²) in [5.41, 5.74) is 3.99. The molecular weight excluding hydrogens is 618 g/mol. The monoisotopic (exact) mass is 659 g/mol. The first-order valence-corrected chi connectivity index (χ1v) is 17.7. The highest BCUT2D eigenvalue weighted by atomic mass is 32.2.